The minimum absolute atomic E-state index is 0.0955. The van der Waals surface area contributed by atoms with Crippen molar-refractivity contribution in [3.8, 4) is 6.01 Å². The SMILES string of the molecule is CCc1cc2c(s1)CCOC21CCN(Cc2cnc(OCC(C)(C)NC)nc2)[C@@H](C)C1. The molecule has 170 valence electrons. The number of fused-ring (bicyclic) bond motifs is 2. The fourth-order valence-electron chi connectivity index (χ4n) is 4.56. The normalized spacial score (nSPS) is 24.4. The van der Waals surface area contributed by atoms with E-state index in [9.17, 15) is 0 Å². The molecule has 2 atom stereocenters. The summed E-state index contributed by atoms with van der Waals surface area (Å²) < 4.78 is 12.2. The number of aryl methyl sites for hydroxylation is 1. The molecule has 2 aromatic rings. The van der Waals surface area contributed by atoms with Crippen LogP contribution >= 0.6 is 11.3 Å². The van der Waals surface area contributed by atoms with E-state index >= 15 is 0 Å². The number of hydrogen-bond acceptors (Lipinski definition) is 7. The van der Waals surface area contributed by atoms with Crippen LogP contribution < -0.4 is 10.1 Å². The van der Waals surface area contributed by atoms with Crippen LogP contribution in [0.1, 0.15) is 61.4 Å². The highest BCUT2D eigenvalue weighted by atomic mass is 32.1. The second-order valence-electron chi connectivity index (χ2n) is 9.57. The fourth-order valence-corrected chi connectivity index (χ4v) is 5.74. The fraction of sp³-hybridized carbons (Fsp3) is 0.667. The molecular formula is C24H36N4O2S. The van der Waals surface area contributed by atoms with Crippen molar-refractivity contribution in [1.29, 1.82) is 0 Å². The number of nitrogens with one attached hydrogen (secondary N) is 1. The Labute approximate surface area is 190 Å². The lowest BCUT2D eigenvalue weighted by molar-refractivity contribution is -0.112. The molecule has 7 heteroatoms. The first-order valence-corrected chi connectivity index (χ1v) is 12.3. The highest BCUT2D eigenvalue weighted by Crippen LogP contribution is 2.46. The molecule has 1 unspecified atom stereocenters. The van der Waals surface area contributed by atoms with E-state index in [1.807, 2.05) is 30.8 Å². The number of likely N-dealkylation sites (tertiary alicyclic amines) is 1. The molecule has 1 fully saturated rings. The highest BCUT2D eigenvalue weighted by molar-refractivity contribution is 7.12. The third-order valence-electron chi connectivity index (χ3n) is 6.76. The lowest BCUT2D eigenvalue weighted by Gasteiger charge is -2.47. The number of thiophene rings is 1. The second kappa shape index (κ2) is 9.14. The van der Waals surface area contributed by atoms with E-state index in [1.54, 1.807) is 4.88 Å². The van der Waals surface area contributed by atoms with Crippen molar-refractivity contribution >= 4 is 11.3 Å². The van der Waals surface area contributed by atoms with Gasteiger partial charge >= 0.3 is 6.01 Å². The van der Waals surface area contributed by atoms with Gasteiger partial charge in [-0.15, -0.1) is 11.3 Å². The summed E-state index contributed by atoms with van der Waals surface area (Å²) in [5, 5.41) is 3.22. The summed E-state index contributed by atoms with van der Waals surface area (Å²) in [6.45, 7) is 12.0. The van der Waals surface area contributed by atoms with Gasteiger partial charge in [-0.25, -0.2) is 9.97 Å². The summed E-state index contributed by atoms with van der Waals surface area (Å²) >= 11 is 1.99. The Morgan fingerprint density at radius 1 is 1.35 bits per heavy atom. The van der Waals surface area contributed by atoms with Gasteiger partial charge in [-0.3, -0.25) is 4.90 Å². The number of nitrogens with zero attached hydrogens (tertiary/aromatic N) is 3. The molecule has 4 heterocycles. The zero-order valence-electron chi connectivity index (χ0n) is 19.5. The van der Waals surface area contributed by atoms with Gasteiger partial charge < -0.3 is 14.8 Å². The molecule has 1 spiro atoms. The molecule has 1 N–H and O–H groups in total. The summed E-state index contributed by atoms with van der Waals surface area (Å²) in [6.07, 6.45) is 8.06. The second-order valence-corrected chi connectivity index (χ2v) is 10.8. The molecule has 1 saturated heterocycles. The average molecular weight is 445 g/mol. The van der Waals surface area contributed by atoms with Gasteiger partial charge in [0.15, 0.2) is 0 Å². The van der Waals surface area contributed by atoms with Gasteiger partial charge in [0.05, 0.1) is 12.2 Å². The highest BCUT2D eigenvalue weighted by Gasteiger charge is 2.44. The van der Waals surface area contributed by atoms with Gasteiger partial charge in [-0.1, -0.05) is 6.92 Å². The third kappa shape index (κ3) is 4.95. The molecule has 31 heavy (non-hydrogen) atoms. The zero-order chi connectivity index (χ0) is 22.1. The van der Waals surface area contributed by atoms with E-state index in [-0.39, 0.29) is 11.1 Å². The minimum Gasteiger partial charge on any atom is -0.462 e. The first-order chi connectivity index (χ1) is 14.8. The molecule has 6 nitrogen and oxygen atoms in total. The molecule has 0 bridgehead atoms. The maximum Gasteiger partial charge on any atom is 0.316 e. The third-order valence-corrected chi connectivity index (χ3v) is 8.10. The summed E-state index contributed by atoms with van der Waals surface area (Å²) in [7, 11) is 1.93. The Hall–Kier alpha value is -1.54. The maximum absolute atomic E-state index is 6.47. The van der Waals surface area contributed by atoms with Gasteiger partial charge in [-0.05, 0) is 58.7 Å². The number of rotatable bonds is 7. The number of likely N-dealkylation sites (N-methyl/N-ethyl adjacent to an activating group) is 1. The predicted octanol–water partition coefficient (Wildman–Crippen LogP) is 3.93. The molecule has 0 aliphatic carbocycles. The van der Waals surface area contributed by atoms with Gasteiger partial charge in [0, 0.05) is 58.8 Å². The number of ether oxygens (including phenoxy) is 2. The standard InChI is InChI=1S/C24H36N4O2S/c1-6-19-11-20-21(31-19)7-10-30-24(20)8-9-28(17(2)12-24)15-18-13-26-22(27-14-18)29-16-23(3,4)25-5/h11,13-14,17,25H,6-10,12,15-16H2,1-5H3/t17-,24?/m0/s1. The average Bonchev–Trinajstić information content (AvgIpc) is 3.21. The number of piperidine rings is 1. The van der Waals surface area contributed by atoms with Crippen LogP contribution in [0, 0.1) is 0 Å². The van der Waals surface area contributed by atoms with E-state index in [2.05, 4.69) is 53.9 Å². The van der Waals surface area contributed by atoms with E-state index in [1.165, 1.54) is 10.4 Å². The number of hydrogen-bond donors (Lipinski definition) is 1. The first kappa shape index (κ1) is 22.6. The van der Waals surface area contributed by atoms with Gasteiger partial charge in [0.25, 0.3) is 0 Å². The van der Waals surface area contributed by atoms with Crippen LogP contribution in [0.3, 0.4) is 0 Å². The van der Waals surface area contributed by atoms with Crippen molar-refractivity contribution in [2.24, 2.45) is 0 Å². The van der Waals surface area contributed by atoms with Gasteiger partial charge in [0.2, 0.25) is 0 Å². The van der Waals surface area contributed by atoms with E-state index < -0.39 is 0 Å². The molecule has 0 aromatic carbocycles. The molecule has 4 rings (SSSR count). The van der Waals surface area contributed by atoms with Gasteiger partial charge in [0.1, 0.15) is 6.61 Å². The summed E-state index contributed by atoms with van der Waals surface area (Å²) in [4.78, 5) is 14.4. The zero-order valence-corrected chi connectivity index (χ0v) is 20.3. The van der Waals surface area contributed by atoms with Gasteiger partial charge in [-0.2, -0.15) is 0 Å². The Balaban J connectivity index is 1.38. The van der Waals surface area contributed by atoms with E-state index in [0.29, 0.717) is 18.7 Å². The lowest BCUT2D eigenvalue weighted by Crippen LogP contribution is -2.50. The Bertz CT molecular complexity index is 882. The lowest BCUT2D eigenvalue weighted by atomic mass is 9.79. The quantitative estimate of drug-likeness (QED) is 0.698. The molecule has 2 aliphatic rings. The minimum atomic E-state index is -0.109. The Morgan fingerprint density at radius 2 is 2.13 bits per heavy atom. The topological polar surface area (TPSA) is 59.5 Å². The van der Waals surface area contributed by atoms with Crippen molar-refractivity contribution in [1.82, 2.24) is 20.2 Å². The van der Waals surface area contributed by atoms with Crippen LogP contribution in [0.15, 0.2) is 18.5 Å². The monoisotopic (exact) mass is 444 g/mol. The molecule has 0 radical (unpaired) electrons. The summed E-state index contributed by atoms with van der Waals surface area (Å²) in [5.74, 6) is 0. The molecule has 0 saturated carbocycles. The molecule has 0 amide bonds. The van der Waals surface area contributed by atoms with E-state index in [0.717, 1.165) is 50.9 Å². The van der Waals surface area contributed by atoms with Crippen LogP contribution in [-0.4, -0.2) is 53.3 Å². The molecule has 2 aliphatic heterocycles. The summed E-state index contributed by atoms with van der Waals surface area (Å²) in [5.41, 5.74) is 2.39. The Morgan fingerprint density at radius 3 is 2.81 bits per heavy atom. The van der Waals surface area contributed by atoms with Crippen molar-refractivity contribution in [3.63, 3.8) is 0 Å². The van der Waals surface area contributed by atoms with Crippen molar-refractivity contribution < 1.29 is 9.47 Å². The maximum atomic E-state index is 6.47. The summed E-state index contributed by atoms with van der Waals surface area (Å²) in [6, 6.07) is 3.30. The Kier molecular flexibility index (Phi) is 6.68. The van der Waals surface area contributed by atoms with Crippen molar-refractivity contribution in [2.45, 2.75) is 77.1 Å². The predicted molar refractivity (Wildman–Crippen MR) is 125 cm³/mol. The molecule has 2 aromatic heterocycles. The van der Waals surface area contributed by atoms with Crippen LogP contribution in [0.2, 0.25) is 0 Å². The molecular weight excluding hydrogens is 408 g/mol. The van der Waals surface area contributed by atoms with Crippen LogP contribution in [0.4, 0.5) is 0 Å². The van der Waals surface area contributed by atoms with Crippen molar-refractivity contribution in [2.75, 3.05) is 26.8 Å². The van der Waals surface area contributed by atoms with E-state index in [4.69, 9.17) is 9.47 Å². The number of aromatic nitrogens is 2. The van der Waals surface area contributed by atoms with Crippen LogP contribution in [-0.2, 0) is 29.7 Å². The smallest absolute Gasteiger partial charge is 0.316 e. The van der Waals surface area contributed by atoms with Crippen LogP contribution in [0.25, 0.3) is 0 Å². The van der Waals surface area contributed by atoms with Crippen LogP contribution in [0.5, 0.6) is 6.01 Å². The largest absolute Gasteiger partial charge is 0.462 e. The first-order valence-electron chi connectivity index (χ1n) is 11.5. The van der Waals surface area contributed by atoms with Crippen molar-refractivity contribution in [3.05, 3.63) is 39.3 Å².